The summed E-state index contributed by atoms with van der Waals surface area (Å²) in [5.74, 6) is 2.95. The van der Waals surface area contributed by atoms with Gasteiger partial charge in [0.25, 0.3) is 0 Å². The van der Waals surface area contributed by atoms with Gasteiger partial charge in [-0.05, 0) is 129 Å². The first-order chi connectivity index (χ1) is 25.2. The summed E-state index contributed by atoms with van der Waals surface area (Å²) >= 11 is 0. The van der Waals surface area contributed by atoms with Crippen LogP contribution in [0.15, 0.2) is 47.2 Å². The first-order valence-electron chi connectivity index (χ1n) is 19.8. The summed E-state index contributed by atoms with van der Waals surface area (Å²) in [7, 11) is 4.27. The number of hydrogen-bond donors (Lipinski definition) is 6. The number of likely N-dealkylation sites (N-methyl/N-ethyl adjacent to an activating group) is 2. The van der Waals surface area contributed by atoms with Gasteiger partial charge in [-0.2, -0.15) is 0 Å². The Morgan fingerprint density at radius 3 is 1.90 bits per heavy atom. The largest absolute Gasteiger partial charge is 0.490 e. The van der Waals surface area contributed by atoms with Crippen LogP contribution in [0.4, 0.5) is 5.69 Å². The Morgan fingerprint density at radius 1 is 0.788 bits per heavy atom. The first-order valence-corrected chi connectivity index (χ1v) is 19.8. The molecule has 0 aromatic heterocycles. The summed E-state index contributed by atoms with van der Waals surface area (Å²) in [6.45, 7) is 26.2. The number of anilines is 1. The van der Waals surface area contributed by atoms with Crippen LogP contribution in [-0.2, 0) is 9.47 Å². The number of piperidine rings is 1. The maximum absolute atomic E-state index is 5.42. The number of hydrazine groups is 1. The van der Waals surface area contributed by atoms with Gasteiger partial charge in [0.2, 0.25) is 0 Å². The van der Waals surface area contributed by atoms with Crippen molar-refractivity contribution >= 4 is 11.5 Å². The number of aryl methyl sites for hydroxylation is 1. The second-order valence-corrected chi connectivity index (χ2v) is 14.2. The van der Waals surface area contributed by atoms with E-state index in [1.807, 2.05) is 32.2 Å². The maximum atomic E-state index is 5.42. The predicted molar refractivity (Wildman–Crippen MR) is 220 cm³/mol. The molecule has 4 saturated heterocycles. The summed E-state index contributed by atoms with van der Waals surface area (Å²) in [5.41, 5.74) is 9.46. The summed E-state index contributed by atoms with van der Waals surface area (Å²) < 4.78 is 15.8. The smallest absolute Gasteiger partial charge is 0.142 e. The van der Waals surface area contributed by atoms with Crippen LogP contribution in [0, 0.1) is 12.8 Å². The van der Waals surface area contributed by atoms with Crippen LogP contribution < -0.4 is 36.9 Å². The van der Waals surface area contributed by atoms with E-state index in [0.29, 0.717) is 6.10 Å². The second-order valence-electron chi connectivity index (χ2n) is 14.2. The van der Waals surface area contributed by atoms with Crippen LogP contribution >= 0.6 is 0 Å². The lowest BCUT2D eigenvalue weighted by Crippen LogP contribution is -2.40. The van der Waals surface area contributed by atoms with E-state index in [1.165, 1.54) is 69.5 Å². The molecule has 1 unspecified atom stereocenters. The molecule has 0 amide bonds. The third-order valence-corrected chi connectivity index (χ3v) is 9.06. The van der Waals surface area contributed by atoms with E-state index in [2.05, 4.69) is 100.0 Å². The Morgan fingerprint density at radius 2 is 1.50 bits per heavy atom. The number of rotatable bonds is 0. The summed E-state index contributed by atoms with van der Waals surface area (Å²) in [6, 6.07) is 6.18. The SMILES string of the molecule is CC1=CCNN1.CC1=NCC=CN1.CC1CCCCO1.CC1CCNCC1.CN1CCNCC1.CN1CCOCC1.Cc1ccc2c(c1)NCCO2. The van der Waals surface area contributed by atoms with Crippen LogP contribution in [0.5, 0.6) is 5.75 Å². The minimum atomic E-state index is 0.536. The van der Waals surface area contributed by atoms with E-state index in [-0.39, 0.29) is 0 Å². The van der Waals surface area contributed by atoms with Gasteiger partial charge < -0.3 is 50.7 Å². The molecule has 1 aromatic rings. The molecule has 6 N–H and O–H groups in total. The molecule has 8 rings (SSSR count). The lowest BCUT2D eigenvalue weighted by atomic mass is 10.0. The van der Waals surface area contributed by atoms with Gasteiger partial charge in [0.1, 0.15) is 12.4 Å². The summed E-state index contributed by atoms with van der Waals surface area (Å²) in [6.07, 6.45) is 13.2. The Labute approximate surface area is 316 Å². The molecule has 7 aliphatic rings. The molecule has 1 aromatic carbocycles. The van der Waals surface area contributed by atoms with Gasteiger partial charge in [0, 0.05) is 64.7 Å². The summed E-state index contributed by atoms with van der Waals surface area (Å²) in [5, 5.41) is 12.8. The molecule has 298 valence electrons. The number of piperazine rings is 1. The number of benzene rings is 1. The highest BCUT2D eigenvalue weighted by atomic mass is 16.5. The number of fused-ring (bicyclic) bond motifs is 1. The molecule has 0 spiro atoms. The molecule has 7 heterocycles. The number of ether oxygens (including phenoxy) is 3. The highest BCUT2D eigenvalue weighted by Gasteiger charge is 2.08. The zero-order valence-electron chi connectivity index (χ0n) is 33.8. The van der Waals surface area contributed by atoms with Crippen molar-refractivity contribution in [1.29, 1.82) is 0 Å². The molecule has 0 radical (unpaired) electrons. The Hall–Kier alpha value is -2.71. The normalized spacial score (nSPS) is 22.5. The monoisotopic (exact) mass is 730 g/mol. The zero-order valence-corrected chi connectivity index (χ0v) is 33.8. The summed E-state index contributed by atoms with van der Waals surface area (Å²) in [4.78, 5) is 8.65. The van der Waals surface area contributed by atoms with Crippen molar-refractivity contribution in [2.45, 2.75) is 72.8 Å². The van der Waals surface area contributed by atoms with Gasteiger partial charge in [-0.15, -0.1) is 0 Å². The standard InChI is InChI=1S/C9H11NO.C6H13N.C6H12O.C5H12N2.C5H8N2.C5H11NO.C4H8N2/c1-7-2-3-9-8(6-7)10-4-5-11-9;1-6-2-4-7-5-3-6;1-6-4-2-3-5-7-6;1-7-4-2-6-3-5-7;1-5-6-3-2-4-7-5;1-6-2-4-7-5-3-6;1-4-2-3-5-6-4/h2-3,6,10H,4-5H2,1H3;6-7H,2-5H2,1H3;2*6H,2-5H2,1H3;2-3H,4H2,1H3,(H,6,7);2-5H2,1H3;2,5-6H,3H2,1H3. The number of amidine groups is 1. The second kappa shape index (κ2) is 29.7. The van der Waals surface area contributed by atoms with Gasteiger partial charge >= 0.3 is 0 Å². The molecular formula is C40H75N9O3. The number of allylic oxidation sites excluding steroid dienone is 1. The number of morpholine rings is 1. The number of aliphatic imine (C=N–C) groups is 1. The maximum Gasteiger partial charge on any atom is 0.142 e. The van der Waals surface area contributed by atoms with Crippen LogP contribution in [0.1, 0.15) is 65.4 Å². The molecule has 1 atom stereocenters. The van der Waals surface area contributed by atoms with Crippen molar-refractivity contribution in [3.8, 4) is 5.75 Å². The van der Waals surface area contributed by atoms with E-state index in [0.717, 1.165) is 95.4 Å². The predicted octanol–water partition coefficient (Wildman–Crippen LogP) is 4.37. The van der Waals surface area contributed by atoms with E-state index < -0.39 is 0 Å². The van der Waals surface area contributed by atoms with Crippen molar-refractivity contribution in [3.63, 3.8) is 0 Å². The highest BCUT2D eigenvalue weighted by molar-refractivity contribution is 5.81. The molecule has 12 heteroatoms. The average molecular weight is 730 g/mol. The Bertz CT molecular complexity index is 1050. The van der Waals surface area contributed by atoms with Gasteiger partial charge in [-0.1, -0.05) is 13.0 Å². The molecule has 7 aliphatic heterocycles. The lowest BCUT2D eigenvalue weighted by Gasteiger charge is -2.21. The molecule has 0 aliphatic carbocycles. The van der Waals surface area contributed by atoms with Crippen molar-refractivity contribution in [3.05, 3.63) is 47.8 Å². The lowest BCUT2D eigenvalue weighted by molar-refractivity contribution is 0.0285. The quantitative estimate of drug-likeness (QED) is 0.229. The number of nitrogens with zero attached hydrogens (tertiary/aromatic N) is 3. The van der Waals surface area contributed by atoms with Crippen molar-refractivity contribution < 1.29 is 14.2 Å². The van der Waals surface area contributed by atoms with E-state index in [4.69, 9.17) is 14.2 Å². The van der Waals surface area contributed by atoms with Crippen LogP contribution in [0.3, 0.4) is 0 Å². The third-order valence-electron chi connectivity index (χ3n) is 9.06. The molecule has 4 fully saturated rings. The van der Waals surface area contributed by atoms with Crippen LogP contribution in [0.25, 0.3) is 0 Å². The van der Waals surface area contributed by atoms with Gasteiger partial charge in [-0.25, -0.2) is 5.43 Å². The van der Waals surface area contributed by atoms with E-state index in [1.54, 1.807) is 0 Å². The third kappa shape index (κ3) is 24.5. The van der Waals surface area contributed by atoms with E-state index >= 15 is 0 Å². The van der Waals surface area contributed by atoms with Crippen LogP contribution in [-0.4, -0.2) is 134 Å². The zero-order chi connectivity index (χ0) is 37.7. The van der Waals surface area contributed by atoms with Crippen molar-refractivity contribution in [2.75, 3.05) is 118 Å². The van der Waals surface area contributed by atoms with Crippen molar-refractivity contribution in [1.82, 2.24) is 36.6 Å². The van der Waals surface area contributed by atoms with Crippen LogP contribution in [0.2, 0.25) is 0 Å². The van der Waals surface area contributed by atoms with Gasteiger partial charge in [0.15, 0.2) is 0 Å². The van der Waals surface area contributed by atoms with E-state index in [9.17, 15) is 0 Å². The molecule has 52 heavy (non-hydrogen) atoms. The minimum Gasteiger partial charge on any atom is -0.490 e. The molecule has 0 saturated carbocycles. The first kappa shape index (κ1) is 45.4. The minimum absolute atomic E-state index is 0.536. The molecule has 0 bridgehead atoms. The number of hydrogen-bond acceptors (Lipinski definition) is 12. The fraction of sp³-hybridized carbons (Fsp3) is 0.725. The molecule has 12 nitrogen and oxygen atoms in total. The van der Waals surface area contributed by atoms with Gasteiger partial charge in [0.05, 0.1) is 37.4 Å². The average Bonchev–Trinajstić information content (AvgIpc) is 3.66. The van der Waals surface area contributed by atoms with Crippen molar-refractivity contribution in [2.24, 2.45) is 10.9 Å². The van der Waals surface area contributed by atoms with Gasteiger partial charge in [-0.3, -0.25) is 4.99 Å². The number of nitrogens with one attached hydrogen (secondary N) is 6. The Kier molecular flexibility index (Phi) is 26.0. The highest BCUT2D eigenvalue weighted by Crippen LogP contribution is 2.27. The molecular weight excluding hydrogens is 654 g/mol. The topological polar surface area (TPSA) is 119 Å². The fourth-order valence-electron chi connectivity index (χ4n) is 5.47. The Balaban J connectivity index is 0.000000212. The fourth-order valence-corrected chi connectivity index (χ4v) is 5.47.